The molecule has 1 N–H and O–H groups in total. The van der Waals surface area contributed by atoms with Gasteiger partial charge >= 0.3 is 0 Å². The summed E-state index contributed by atoms with van der Waals surface area (Å²) in [7, 11) is 4.43. The molecule has 1 saturated heterocycles. The normalized spacial score (nSPS) is 14.2. The Kier molecular flexibility index (Phi) is 6.94. The number of benzene rings is 2. The Morgan fingerprint density at radius 1 is 0.968 bits per heavy atom. The van der Waals surface area contributed by atoms with Gasteiger partial charge in [-0.15, -0.1) is 0 Å². The number of hydrogen-bond acceptors (Lipinski definition) is 5. The fraction of sp³-hybridized carbons (Fsp3) is 0.364. The van der Waals surface area contributed by atoms with Crippen LogP contribution in [0, 0.1) is 17.6 Å². The van der Waals surface area contributed by atoms with Gasteiger partial charge in [0.2, 0.25) is 11.7 Å². The molecule has 0 unspecified atom stereocenters. The maximum Gasteiger partial charge on any atom is 0.254 e. The van der Waals surface area contributed by atoms with Crippen molar-refractivity contribution in [1.29, 1.82) is 0 Å². The molecule has 1 aliphatic rings. The Balaban J connectivity index is 1.65. The largest absolute Gasteiger partial charge is 0.493 e. The number of nitrogens with one attached hydrogen (secondary N) is 1. The van der Waals surface area contributed by atoms with Crippen molar-refractivity contribution in [3.8, 4) is 17.2 Å². The van der Waals surface area contributed by atoms with E-state index < -0.39 is 11.6 Å². The average molecular weight is 434 g/mol. The summed E-state index contributed by atoms with van der Waals surface area (Å²) in [5.41, 5.74) is 0.313. The van der Waals surface area contributed by atoms with E-state index in [-0.39, 0.29) is 23.4 Å². The van der Waals surface area contributed by atoms with Crippen molar-refractivity contribution < 1.29 is 32.6 Å². The summed E-state index contributed by atoms with van der Waals surface area (Å²) in [6.45, 7) is 0.721. The molecule has 0 radical (unpaired) electrons. The molecule has 1 fully saturated rings. The third-order valence-electron chi connectivity index (χ3n) is 5.25. The highest BCUT2D eigenvalue weighted by Gasteiger charge is 2.29. The van der Waals surface area contributed by atoms with Crippen LogP contribution in [0.15, 0.2) is 30.3 Å². The summed E-state index contributed by atoms with van der Waals surface area (Å²) in [5, 5.41) is 2.49. The third kappa shape index (κ3) is 4.87. The first-order valence-corrected chi connectivity index (χ1v) is 9.73. The smallest absolute Gasteiger partial charge is 0.254 e. The van der Waals surface area contributed by atoms with Crippen molar-refractivity contribution in [2.24, 2.45) is 5.92 Å². The van der Waals surface area contributed by atoms with E-state index in [1.54, 1.807) is 17.0 Å². The fourth-order valence-electron chi connectivity index (χ4n) is 3.56. The highest BCUT2D eigenvalue weighted by Crippen LogP contribution is 2.38. The number of hydrogen-bond donors (Lipinski definition) is 1. The first-order valence-electron chi connectivity index (χ1n) is 9.73. The number of methoxy groups -OCH3 is 3. The molecule has 1 aliphatic heterocycles. The van der Waals surface area contributed by atoms with Crippen molar-refractivity contribution in [3.63, 3.8) is 0 Å². The van der Waals surface area contributed by atoms with Gasteiger partial charge in [0.05, 0.1) is 27.0 Å². The molecule has 7 nitrogen and oxygen atoms in total. The molecule has 2 aromatic rings. The molecular weight excluding hydrogens is 410 g/mol. The van der Waals surface area contributed by atoms with E-state index in [1.165, 1.54) is 27.4 Å². The van der Waals surface area contributed by atoms with Gasteiger partial charge in [-0.2, -0.15) is 0 Å². The van der Waals surface area contributed by atoms with Gasteiger partial charge in [0, 0.05) is 30.6 Å². The molecule has 9 heteroatoms. The fourth-order valence-corrected chi connectivity index (χ4v) is 3.56. The second kappa shape index (κ2) is 9.63. The first kappa shape index (κ1) is 22.3. The Hall–Kier alpha value is -3.36. The molecule has 0 spiro atoms. The maximum atomic E-state index is 13.8. The zero-order valence-corrected chi connectivity index (χ0v) is 17.5. The number of rotatable bonds is 6. The van der Waals surface area contributed by atoms with Crippen LogP contribution in [0.4, 0.5) is 14.5 Å². The van der Waals surface area contributed by atoms with Gasteiger partial charge in [0.15, 0.2) is 11.5 Å². The van der Waals surface area contributed by atoms with E-state index in [4.69, 9.17) is 14.2 Å². The minimum absolute atomic E-state index is 0.0673. The Labute approximate surface area is 178 Å². The van der Waals surface area contributed by atoms with Gasteiger partial charge in [-0.3, -0.25) is 9.59 Å². The Morgan fingerprint density at radius 2 is 1.58 bits per heavy atom. The lowest BCUT2D eigenvalue weighted by atomic mass is 9.95. The van der Waals surface area contributed by atoms with Crippen molar-refractivity contribution >= 4 is 17.5 Å². The Bertz CT molecular complexity index is 949. The second-order valence-electron chi connectivity index (χ2n) is 7.09. The highest BCUT2D eigenvalue weighted by atomic mass is 19.1. The zero-order chi connectivity index (χ0) is 22.5. The standard InChI is InChI=1S/C22H24F2N2O5/c1-29-18-10-14(11-19(30-2)20(18)31-3)22(28)26-8-6-13(7-9-26)21(27)25-17-5-4-15(23)12-16(17)24/h4-5,10-13H,6-9H2,1-3H3,(H,25,27). The molecule has 31 heavy (non-hydrogen) atoms. The summed E-state index contributed by atoms with van der Waals surface area (Å²) in [4.78, 5) is 27.1. The Morgan fingerprint density at radius 3 is 2.10 bits per heavy atom. The minimum Gasteiger partial charge on any atom is -0.493 e. The third-order valence-corrected chi connectivity index (χ3v) is 5.25. The molecule has 0 bridgehead atoms. The SMILES string of the molecule is COc1cc(C(=O)N2CCC(C(=O)Nc3ccc(F)cc3F)CC2)cc(OC)c1OC. The number of nitrogens with zero attached hydrogens (tertiary/aromatic N) is 1. The van der Waals surface area contributed by atoms with E-state index in [0.717, 1.165) is 6.07 Å². The molecule has 2 aromatic carbocycles. The molecule has 166 valence electrons. The van der Waals surface area contributed by atoms with Gasteiger partial charge < -0.3 is 24.4 Å². The molecule has 3 rings (SSSR count). The van der Waals surface area contributed by atoms with E-state index in [9.17, 15) is 18.4 Å². The predicted molar refractivity (Wildman–Crippen MR) is 110 cm³/mol. The summed E-state index contributed by atoms with van der Waals surface area (Å²) in [5.74, 6) is -1.36. The molecular formula is C22H24F2N2O5. The maximum absolute atomic E-state index is 13.8. The van der Waals surface area contributed by atoms with E-state index in [0.29, 0.717) is 54.8 Å². The molecule has 2 amide bonds. The average Bonchev–Trinajstić information content (AvgIpc) is 2.79. The van der Waals surface area contributed by atoms with Crippen molar-refractivity contribution in [2.45, 2.75) is 12.8 Å². The molecule has 1 heterocycles. The lowest BCUT2D eigenvalue weighted by molar-refractivity contribution is -0.121. The van der Waals surface area contributed by atoms with Crippen LogP contribution in [0.2, 0.25) is 0 Å². The van der Waals surface area contributed by atoms with Crippen molar-refractivity contribution in [2.75, 3.05) is 39.7 Å². The van der Waals surface area contributed by atoms with Crippen LogP contribution in [0.5, 0.6) is 17.2 Å². The van der Waals surface area contributed by atoms with Gasteiger partial charge in [-0.05, 0) is 37.1 Å². The monoisotopic (exact) mass is 434 g/mol. The van der Waals surface area contributed by atoms with Crippen LogP contribution in [-0.4, -0.2) is 51.1 Å². The van der Waals surface area contributed by atoms with Crippen LogP contribution in [0.25, 0.3) is 0 Å². The topological polar surface area (TPSA) is 77.1 Å². The lowest BCUT2D eigenvalue weighted by Crippen LogP contribution is -2.41. The van der Waals surface area contributed by atoms with E-state index in [1.807, 2.05) is 0 Å². The summed E-state index contributed by atoms with van der Waals surface area (Å²) < 4.78 is 42.7. The van der Waals surface area contributed by atoms with Crippen LogP contribution >= 0.6 is 0 Å². The second-order valence-corrected chi connectivity index (χ2v) is 7.09. The molecule has 0 saturated carbocycles. The van der Waals surface area contributed by atoms with Gasteiger partial charge in [-0.1, -0.05) is 0 Å². The first-order chi connectivity index (χ1) is 14.9. The molecule has 0 aliphatic carbocycles. The van der Waals surface area contributed by atoms with Crippen LogP contribution in [0.1, 0.15) is 23.2 Å². The van der Waals surface area contributed by atoms with Gasteiger partial charge in [0.1, 0.15) is 11.6 Å². The number of ether oxygens (including phenoxy) is 3. The van der Waals surface area contributed by atoms with Crippen molar-refractivity contribution in [1.82, 2.24) is 4.90 Å². The van der Waals surface area contributed by atoms with E-state index >= 15 is 0 Å². The summed E-state index contributed by atoms with van der Waals surface area (Å²) in [6.07, 6.45) is 0.843. The molecule has 0 aromatic heterocycles. The number of piperidine rings is 1. The predicted octanol–water partition coefficient (Wildman–Crippen LogP) is 3.48. The number of halogens is 2. The van der Waals surface area contributed by atoms with Gasteiger partial charge in [0.25, 0.3) is 5.91 Å². The lowest BCUT2D eigenvalue weighted by Gasteiger charge is -2.31. The van der Waals surface area contributed by atoms with E-state index in [2.05, 4.69) is 5.32 Å². The summed E-state index contributed by atoms with van der Waals surface area (Å²) in [6, 6.07) is 6.15. The van der Waals surface area contributed by atoms with Crippen LogP contribution in [-0.2, 0) is 4.79 Å². The minimum atomic E-state index is -0.830. The highest BCUT2D eigenvalue weighted by molar-refractivity contribution is 5.96. The van der Waals surface area contributed by atoms with Gasteiger partial charge in [-0.25, -0.2) is 8.78 Å². The number of anilines is 1. The quantitative estimate of drug-likeness (QED) is 0.753. The zero-order valence-electron chi connectivity index (χ0n) is 17.5. The van der Waals surface area contributed by atoms with Crippen LogP contribution in [0.3, 0.4) is 0 Å². The van der Waals surface area contributed by atoms with Crippen LogP contribution < -0.4 is 19.5 Å². The summed E-state index contributed by atoms with van der Waals surface area (Å²) >= 11 is 0. The van der Waals surface area contributed by atoms with Crippen molar-refractivity contribution in [3.05, 3.63) is 47.5 Å². The number of amides is 2. The number of carbonyl (C=O) groups is 2. The molecule has 0 atom stereocenters. The number of carbonyl (C=O) groups excluding carboxylic acids is 2. The number of likely N-dealkylation sites (tertiary alicyclic amines) is 1.